The fourth-order valence-electron chi connectivity index (χ4n) is 4.20. The number of piperidine rings is 1. The zero-order valence-corrected chi connectivity index (χ0v) is 17.6. The van der Waals surface area contributed by atoms with E-state index in [1.54, 1.807) is 49.3 Å². The van der Waals surface area contributed by atoms with Crippen LogP contribution in [0.1, 0.15) is 29.0 Å². The summed E-state index contributed by atoms with van der Waals surface area (Å²) in [6.07, 6.45) is -2.94. The zero-order valence-electron chi connectivity index (χ0n) is 17.6. The van der Waals surface area contributed by atoms with Crippen LogP contribution in [0, 0.1) is 5.92 Å². The largest absolute Gasteiger partial charge is 0.449 e. The van der Waals surface area contributed by atoms with Crippen molar-refractivity contribution in [1.29, 1.82) is 0 Å². The third-order valence-electron chi connectivity index (χ3n) is 5.83. The van der Waals surface area contributed by atoms with Gasteiger partial charge in [-0.05, 0) is 49.1 Å². The van der Waals surface area contributed by atoms with Gasteiger partial charge in [0.05, 0.1) is 11.0 Å². The molecule has 8 heteroatoms. The second kappa shape index (κ2) is 8.24. The van der Waals surface area contributed by atoms with Gasteiger partial charge in [-0.3, -0.25) is 4.79 Å². The van der Waals surface area contributed by atoms with Crippen LogP contribution in [0.4, 0.5) is 18.9 Å². The molecule has 0 bridgehead atoms. The average Bonchev–Trinajstić information content (AvgIpc) is 3.13. The molecule has 0 spiro atoms. The van der Waals surface area contributed by atoms with Crippen molar-refractivity contribution >= 4 is 22.6 Å². The van der Waals surface area contributed by atoms with Crippen LogP contribution < -0.4 is 4.90 Å². The van der Waals surface area contributed by atoms with Crippen LogP contribution >= 0.6 is 0 Å². The summed E-state index contributed by atoms with van der Waals surface area (Å²) < 4.78 is 42.0. The van der Waals surface area contributed by atoms with E-state index < -0.39 is 12.0 Å². The van der Waals surface area contributed by atoms with Gasteiger partial charge in [0, 0.05) is 45.0 Å². The van der Waals surface area contributed by atoms with Gasteiger partial charge in [-0.25, -0.2) is 4.98 Å². The number of aromatic nitrogens is 2. The summed E-state index contributed by atoms with van der Waals surface area (Å²) in [6.45, 7) is 1.76. The molecular weight excluding hydrogens is 405 g/mol. The Morgan fingerprint density at radius 1 is 1.10 bits per heavy atom. The molecule has 2 aromatic carbocycles. The molecule has 0 atom stereocenters. The number of carbonyl (C=O) groups is 1. The van der Waals surface area contributed by atoms with Crippen LogP contribution in [0.3, 0.4) is 0 Å². The summed E-state index contributed by atoms with van der Waals surface area (Å²) in [5, 5.41) is 0. The second-order valence-electron chi connectivity index (χ2n) is 8.21. The Morgan fingerprint density at radius 3 is 2.48 bits per heavy atom. The fourth-order valence-corrected chi connectivity index (χ4v) is 4.20. The first kappa shape index (κ1) is 21.2. The molecule has 4 rings (SSSR count). The summed E-state index contributed by atoms with van der Waals surface area (Å²) in [5.74, 6) is -0.754. The van der Waals surface area contributed by atoms with Crippen LogP contribution in [0.5, 0.6) is 0 Å². The van der Waals surface area contributed by atoms with Gasteiger partial charge in [-0.1, -0.05) is 18.2 Å². The number of para-hydroxylation sites is 2. The standard InChI is InChI=1S/C23H25F3N4O/c1-28(2)21(31)17-6-5-7-18(14-17)29-12-10-16(11-13-29)15-30-20-9-4-3-8-19(20)27-22(30)23(24,25)26/h3-9,14,16H,10-13,15H2,1-2H3. The number of nitrogens with zero attached hydrogens (tertiary/aromatic N) is 4. The molecule has 1 aromatic heterocycles. The predicted molar refractivity (Wildman–Crippen MR) is 114 cm³/mol. The highest BCUT2D eigenvalue weighted by atomic mass is 19.4. The molecule has 1 fully saturated rings. The first-order chi connectivity index (χ1) is 14.7. The Hall–Kier alpha value is -3.03. The van der Waals surface area contributed by atoms with Crippen LogP contribution in [0.2, 0.25) is 0 Å². The molecule has 5 nitrogen and oxygen atoms in total. The minimum Gasteiger partial charge on any atom is -0.371 e. The lowest BCUT2D eigenvalue weighted by Gasteiger charge is -2.34. The van der Waals surface area contributed by atoms with Gasteiger partial charge in [0.15, 0.2) is 0 Å². The van der Waals surface area contributed by atoms with Gasteiger partial charge >= 0.3 is 6.18 Å². The molecule has 0 N–H and O–H groups in total. The van der Waals surface area contributed by atoms with Crippen molar-refractivity contribution < 1.29 is 18.0 Å². The highest BCUT2D eigenvalue weighted by Crippen LogP contribution is 2.33. The smallest absolute Gasteiger partial charge is 0.371 e. The maximum Gasteiger partial charge on any atom is 0.449 e. The number of hydrogen-bond acceptors (Lipinski definition) is 3. The van der Waals surface area contributed by atoms with E-state index in [0.717, 1.165) is 31.6 Å². The van der Waals surface area contributed by atoms with E-state index in [1.165, 1.54) is 4.57 Å². The number of carbonyl (C=O) groups excluding carboxylic acids is 1. The molecule has 1 aliphatic rings. The minimum absolute atomic E-state index is 0.0524. The summed E-state index contributed by atoms with van der Waals surface area (Å²) in [7, 11) is 3.44. The SMILES string of the molecule is CN(C)C(=O)c1cccc(N2CCC(Cn3c(C(F)(F)F)nc4ccccc43)CC2)c1. The highest BCUT2D eigenvalue weighted by Gasteiger charge is 2.38. The van der Waals surface area contributed by atoms with Gasteiger partial charge in [-0.15, -0.1) is 0 Å². The number of benzene rings is 2. The Bertz CT molecular complexity index is 1080. The molecule has 1 amide bonds. The highest BCUT2D eigenvalue weighted by molar-refractivity contribution is 5.94. The van der Waals surface area contributed by atoms with Crippen molar-refractivity contribution in [3.8, 4) is 0 Å². The molecule has 0 saturated carbocycles. The van der Waals surface area contributed by atoms with Crippen molar-refractivity contribution in [2.24, 2.45) is 5.92 Å². The number of fused-ring (bicyclic) bond motifs is 1. The average molecular weight is 430 g/mol. The normalized spacial score (nSPS) is 15.5. The summed E-state index contributed by atoms with van der Waals surface area (Å²) in [5.41, 5.74) is 2.49. The summed E-state index contributed by atoms with van der Waals surface area (Å²) in [4.78, 5) is 19.8. The van der Waals surface area contributed by atoms with E-state index in [-0.39, 0.29) is 11.8 Å². The second-order valence-corrected chi connectivity index (χ2v) is 8.21. The van der Waals surface area contributed by atoms with Crippen LogP contribution in [0.15, 0.2) is 48.5 Å². The molecule has 31 heavy (non-hydrogen) atoms. The van der Waals surface area contributed by atoms with E-state index in [4.69, 9.17) is 0 Å². The van der Waals surface area contributed by atoms with Crippen LogP contribution in [-0.2, 0) is 12.7 Å². The van der Waals surface area contributed by atoms with Crippen molar-refractivity contribution in [2.75, 3.05) is 32.1 Å². The number of rotatable bonds is 4. The number of imidazole rings is 1. The lowest BCUT2D eigenvalue weighted by atomic mass is 9.96. The third-order valence-corrected chi connectivity index (χ3v) is 5.83. The lowest BCUT2D eigenvalue weighted by molar-refractivity contribution is -0.147. The van der Waals surface area contributed by atoms with Gasteiger partial charge in [-0.2, -0.15) is 13.2 Å². The van der Waals surface area contributed by atoms with E-state index in [1.807, 2.05) is 18.2 Å². The molecule has 3 aromatic rings. The fraction of sp³-hybridized carbons (Fsp3) is 0.391. The van der Waals surface area contributed by atoms with E-state index in [0.29, 0.717) is 23.1 Å². The Labute approximate surface area is 179 Å². The maximum absolute atomic E-state index is 13.6. The van der Waals surface area contributed by atoms with E-state index in [2.05, 4.69) is 9.88 Å². The first-order valence-corrected chi connectivity index (χ1v) is 10.3. The number of halogens is 3. The number of anilines is 1. The maximum atomic E-state index is 13.6. The number of hydrogen-bond donors (Lipinski definition) is 0. The van der Waals surface area contributed by atoms with Gasteiger partial charge in [0.2, 0.25) is 5.82 Å². The monoisotopic (exact) mass is 430 g/mol. The Kier molecular flexibility index (Phi) is 5.64. The molecule has 1 aliphatic heterocycles. The minimum atomic E-state index is -4.49. The molecule has 0 aliphatic carbocycles. The van der Waals surface area contributed by atoms with E-state index >= 15 is 0 Å². The molecular formula is C23H25F3N4O. The quantitative estimate of drug-likeness (QED) is 0.604. The van der Waals surface area contributed by atoms with E-state index in [9.17, 15) is 18.0 Å². The summed E-state index contributed by atoms with van der Waals surface area (Å²) >= 11 is 0. The zero-order chi connectivity index (χ0) is 22.2. The topological polar surface area (TPSA) is 41.4 Å². The molecule has 0 radical (unpaired) electrons. The predicted octanol–water partition coefficient (Wildman–Crippen LogP) is 4.67. The Balaban J connectivity index is 1.49. The third kappa shape index (κ3) is 4.38. The molecule has 0 unspecified atom stereocenters. The van der Waals surface area contributed by atoms with Gasteiger partial charge in [0.1, 0.15) is 0 Å². The van der Waals surface area contributed by atoms with Crippen LogP contribution in [-0.4, -0.2) is 47.5 Å². The molecule has 2 heterocycles. The molecule has 164 valence electrons. The van der Waals surface area contributed by atoms with Crippen molar-refractivity contribution in [3.63, 3.8) is 0 Å². The van der Waals surface area contributed by atoms with Crippen molar-refractivity contribution in [3.05, 3.63) is 59.9 Å². The number of amides is 1. The Morgan fingerprint density at radius 2 is 1.81 bits per heavy atom. The lowest BCUT2D eigenvalue weighted by Crippen LogP contribution is -2.35. The molecule has 1 saturated heterocycles. The number of alkyl halides is 3. The van der Waals surface area contributed by atoms with Crippen molar-refractivity contribution in [1.82, 2.24) is 14.5 Å². The van der Waals surface area contributed by atoms with Crippen LogP contribution in [0.25, 0.3) is 11.0 Å². The summed E-state index contributed by atoms with van der Waals surface area (Å²) in [6, 6.07) is 14.3. The van der Waals surface area contributed by atoms with Gasteiger partial charge < -0.3 is 14.4 Å². The first-order valence-electron chi connectivity index (χ1n) is 10.3. The van der Waals surface area contributed by atoms with Crippen molar-refractivity contribution in [2.45, 2.75) is 25.6 Å². The van der Waals surface area contributed by atoms with Gasteiger partial charge in [0.25, 0.3) is 5.91 Å².